The van der Waals surface area contributed by atoms with E-state index in [1.807, 2.05) is 0 Å². The van der Waals surface area contributed by atoms with Crippen molar-refractivity contribution in [3.8, 4) is 0 Å². The summed E-state index contributed by atoms with van der Waals surface area (Å²) in [7, 11) is 2.18. The summed E-state index contributed by atoms with van der Waals surface area (Å²) in [6.45, 7) is 11.5. The molecule has 2 atom stereocenters. The maximum atomic E-state index is 9.11. The zero-order valence-corrected chi connectivity index (χ0v) is 10.8. The largest absolute Gasteiger partial charge is 0.396 e. The lowest BCUT2D eigenvalue weighted by Crippen LogP contribution is -2.61. The van der Waals surface area contributed by atoms with Crippen LogP contribution in [0.1, 0.15) is 34.1 Å². The Labute approximate surface area is 94.1 Å². The molecule has 1 rings (SSSR count). The van der Waals surface area contributed by atoms with Gasteiger partial charge in [0.15, 0.2) is 0 Å². The minimum absolute atomic E-state index is 0.204. The lowest BCUT2D eigenvalue weighted by Gasteiger charge is -2.50. The Kier molecular flexibility index (Phi) is 4.15. The van der Waals surface area contributed by atoms with Gasteiger partial charge >= 0.3 is 0 Å². The Morgan fingerprint density at radius 2 is 1.87 bits per heavy atom. The fourth-order valence-electron chi connectivity index (χ4n) is 2.40. The molecular weight excluding hydrogens is 188 g/mol. The summed E-state index contributed by atoms with van der Waals surface area (Å²) in [6.07, 6.45) is 0.883. The van der Waals surface area contributed by atoms with E-state index in [1.165, 1.54) is 0 Å². The topological polar surface area (TPSA) is 26.7 Å². The number of hydrogen-bond donors (Lipinski definition) is 1. The van der Waals surface area contributed by atoms with Gasteiger partial charge in [-0.2, -0.15) is 0 Å². The number of piperazine rings is 1. The van der Waals surface area contributed by atoms with Crippen LogP contribution in [0.3, 0.4) is 0 Å². The monoisotopic (exact) mass is 214 g/mol. The van der Waals surface area contributed by atoms with Crippen LogP contribution < -0.4 is 0 Å². The molecule has 15 heavy (non-hydrogen) atoms. The Morgan fingerprint density at radius 1 is 1.27 bits per heavy atom. The summed E-state index contributed by atoms with van der Waals surface area (Å²) in [5, 5.41) is 9.11. The van der Waals surface area contributed by atoms with Crippen LogP contribution in [0.2, 0.25) is 0 Å². The molecule has 0 spiro atoms. The van der Waals surface area contributed by atoms with Crippen LogP contribution in [0.4, 0.5) is 0 Å². The maximum absolute atomic E-state index is 9.11. The van der Waals surface area contributed by atoms with Crippen LogP contribution in [-0.4, -0.2) is 59.3 Å². The van der Waals surface area contributed by atoms with Crippen molar-refractivity contribution in [2.45, 2.75) is 51.7 Å². The zero-order chi connectivity index (χ0) is 11.6. The summed E-state index contributed by atoms with van der Waals surface area (Å²) in [5.41, 5.74) is 0.204. The first-order chi connectivity index (χ1) is 6.86. The molecule has 1 N–H and O–H groups in total. The van der Waals surface area contributed by atoms with Gasteiger partial charge < -0.3 is 10.0 Å². The summed E-state index contributed by atoms with van der Waals surface area (Å²) in [6, 6.07) is 1.11. The Bertz CT molecular complexity index is 200. The van der Waals surface area contributed by atoms with Crippen molar-refractivity contribution >= 4 is 0 Å². The van der Waals surface area contributed by atoms with Gasteiger partial charge in [-0.05, 0) is 41.2 Å². The molecule has 1 aliphatic heterocycles. The van der Waals surface area contributed by atoms with E-state index < -0.39 is 0 Å². The van der Waals surface area contributed by atoms with Gasteiger partial charge in [0.25, 0.3) is 0 Å². The minimum Gasteiger partial charge on any atom is -0.396 e. The second-order valence-electron chi connectivity index (χ2n) is 5.78. The van der Waals surface area contributed by atoms with E-state index in [2.05, 4.69) is 44.5 Å². The molecule has 1 aliphatic rings. The predicted octanol–water partition coefficient (Wildman–Crippen LogP) is 1.17. The highest BCUT2D eigenvalue weighted by Gasteiger charge is 2.35. The second kappa shape index (κ2) is 4.81. The number of rotatable bonds is 2. The Balaban J connectivity index is 2.72. The van der Waals surface area contributed by atoms with E-state index >= 15 is 0 Å². The molecule has 0 bridgehead atoms. The fourth-order valence-corrected chi connectivity index (χ4v) is 2.40. The van der Waals surface area contributed by atoms with Crippen LogP contribution in [-0.2, 0) is 0 Å². The van der Waals surface area contributed by atoms with Crippen molar-refractivity contribution in [2.24, 2.45) is 0 Å². The van der Waals surface area contributed by atoms with E-state index in [0.717, 1.165) is 19.5 Å². The van der Waals surface area contributed by atoms with Crippen LogP contribution in [0.25, 0.3) is 0 Å². The summed E-state index contributed by atoms with van der Waals surface area (Å²) in [5.74, 6) is 0. The molecule has 0 aromatic carbocycles. The van der Waals surface area contributed by atoms with Gasteiger partial charge in [0.2, 0.25) is 0 Å². The number of aliphatic hydroxyl groups excluding tert-OH is 1. The molecule has 3 nitrogen and oxygen atoms in total. The Morgan fingerprint density at radius 3 is 2.33 bits per heavy atom. The highest BCUT2D eigenvalue weighted by molar-refractivity contribution is 4.91. The summed E-state index contributed by atoms with van der Waals surface area (Å²) < 4.78 is 0. The van der Waals surface area contributed by atoms with Crippen molar-refractivity contribution in [2.75, 3.05) is 26.7 Å². The maximum Gasteiger partial charge on any atom is 0.0446 e. The minimum atomic E-state index is 0.204. The molecule has 0 aromatic rings. The van der Waals surface area contributed by atoms with Crippen molar-refractivity contribution < 1.29 is 5.11 Å². The first-order valence-electron chi connectivity index (χ1n) is 5.94. The summed E-state index contributed by atoms with van der Waals surface area (Å²) in [4.78, 5) is 4.93. The van der Waals surface area contributed by atoms with Crippen LogP contribution in [0.5, 0.6) is 0 Å². The molecule has 0 aliphatic carbocycles. The standard InChI is InChI=1S/C12H26N2O/c1-10-8-14(12(2,3)4)11(6-7-15)9-13(10)5/h10-11,15H,6-9H2,1-5H3. The molecule has 1 fully saturated rings. The lowest BCUT2D eigenvalue weighted by molar-refractivity contribution is -0.0162. The highest BCUT2D eigenvalue weighted by atomic mass is 16.3. The molecular formula is C12H26N2O. The van der Waals surface area contributed by atoms with E-state index in [1.54, 1.807) is 0 Å². The SMILES string of the molecule is CC1CN(C(C)(C)C)C(CCO)CN1C. The predicted molar refractivity (Wildman–Crippen MR) is 64.0 cm³/mol. The smallest absolute Gasteiger partial charge is 0.0446 e. The van der Waals surface area contributed by atoms with Gasteiger partial charge in [-0.1, -0.05) is 0 Å². The quantitative estimate of drug-likeness (QED) is 0.747. The highest BCUT2D eigenvalue weighted by Crippen LogP contribution is 2.24. The van der Waals surface area contributed by atoms with Crippen LogP contribution >= 0.6 is 0 Å². The molecule has 2 unspecified atom stereocenters. The third-order valence-electron chi connectivity index (χ3n) is 3.48. The van der Waals surface area contributed by atoms with Gasteiger partial charge in [-0.25, -0.2) is 0 Å². The average molecular weight is 214 g/mol. The van der Waals surface area contributed by atoms with Gasteiger partial charge in [0.1, 0.15) is 0 Å². The molecule has 1 heterocycles. The van der Waals surface area contributed by atoms with E-state index in [0.29, 0.717) is 18.7 Å². The van der Waals surface area contributed by atoms with Crippen molar-refractivity contribution in [3.63, 3.8) is 0 Å². The van der Waals surface area contributed by atoms with Gasteiger partial charge in [-0.15, -0.1) is 0 Å². The number of likely N-dealkylation sites (N-methyl/N-ethyl adjacent to an activating group) is 1. The van der Waals surface area contributed by atoms with Crippen LogP contribution in [0, 0.1) is 0 Å². The van der Waals surface area contributed by atoms with Gasteiger partial charge in [0.05, 0.1) is 0 Å². The van der Waals surface area contributed by atoms with Gasteiger partial charge in [0, 0.05) is 37.3 Å². The number of nitrogens with zero attached hydrogens (tertiary/aromatic N) is 2. The van der Waals surface area contributed by atoms with Gasteiger partial charge in [-0.3, -0.25) is 4.90 Å². The zero-order valence-electron chi connectivity index (χ0n) is 10.8. The fraction of sp³-hybridized carbons (Fsp3) is 1.00. The third-order valence-corrected chi connectivity index (χ3v) is 3.48. The molecule has 0 aromatic heterocycles. The molecule has 90 valence electrons. The third kappa shape index (κ3) is 3.16. The van der Waals surface area contributed by atoms with Crippen molar-refractivity contribution in [1.29, 1.82) is 0 Å². The first-order valence-corrected chi connectivity index (χ1v) is 5.94. The van der Waals surface area contributed by atoms with E-state index in [-0.39, 0.29) is 5.54 Å². The lowest BCUT2D eigenvalue weighted by atomic mass is 9.96. The normalized spacial score (nSPS) is 30.8. The van der Waals surface area contributed by atoms with E-state index in [9.17, 15) is 0 Å². The first kappa shape index (κ1) is 12.9. The average Bonchev–Trinajstić information content (AvgIpc) is 2.09. The molecule has 0 saturated carbocycles. The van der Waals surface area contributed by atoms with Crippen molar-refractivity contribution in [1.82, 2.24) is 9.80 Å². The molecule has 0 radical (unpaired) electrons. The van der Waals surface area contributed by atoms with E-state index in [4.69, 9.17) is 5.11 Å². The molecule has 1 saturated heterocycles. The number of hydrogen-bond acceptors (Lipinski definition) is 3. The second-order valence-corrected chi connectivity index (χ2v) is 5.78. The number of aliphatic hydroxyl groups is 1. The Hall–Kier alpha value is -0.120. The molecule has 0 amide bonds. The van der Waals surface area contributed by atoms with Crippen LogP contribution in [0.15, 0.2) is 0 Å². The molecule has 3 heteroatoms. The summed E-state index contributed by atoms with van der Waals surface area (Å²) >= 11 is 0. The van der Waals surface area contributed by atoms with Crippen molar-refractivity contribution in [3.05, 3.63) is 0 Å².